The van der Waals surface area contributed by atoms with Gasteiger partial charge in [0.2, 0.25) is 5.91 Å². The van der Waals surface area contributed by atoms with Crippen LogP contribution in [0.5, 0.6) is 0 Å². The lowest BCUT2D eigenvalue weighted by Gasteiger charge is -2.21. The van der Waals surface area contributed by atoms with Crippen molar-refractivity contribution in [2.24, 2.45) is 5.92 Å². The van der Waals surface area contributed by atoms with Crippen LogP contribution in [0.15, 0.2) is 17.5 Å². The Morgan fingerprint density at radius 2 is 2.24 bits per heavy atom. The first-order valence-corrected chi connectivity index (χ1v) is 8.04. The average molecular weight is 318 g/mol. The van der Waals surface area contributed by atoms with Crippen molar-refractivity contribution in [3.8, 4) is 0 Å². The largest absolute Gasteiger partial charge is 0.348 e. The Hall–Kier alpha value is -0.350. The third-order valence-electron chi connectivity index (χ3n) is 2.62. The van der Waals surface area contributed by atoms with Crippen LogP contribution < -0.4 is 5.32 Å². The van der Waals surface area contributed by atoms with Crippen LogP contribution in [0, 0.1) is 5.92 Å². The van der Waals surface area contributed by atoms with Gasteiger partial charge in [0.1, 0.15) is 0 Å². The van der Waals surface area contributed by atoms with E-state index in [2.05, 4.69) is 46.5 Å². The van der Waals surface area contributed by atoms with Gasteiger partial charge in [-0.3, -0.25) is 4.79 Å². The molecule has 1 N–H and O–H groups in total. The van der Waals surface area contributed by atoms with Gasteiger partial charge in [-0.15, -0.1) is 11.3 Å². The number of hydrogen-bond acceptors (Lipinski definition) is 2. The summed E-state index contributed by atoms with van der Waals surface area (Å²) < 4.78 is 0. The number of alkyl halides is 1. The van der Waals surface area contributed by atoms with Crippen LogP contribution in [0.3, 0.4) is 0 Å². The van der Waals surface area contributed by atoms with Crippen molar-refractivity contribution >= 4 is 33.2 Å². The average Bonchev–Trinajstić information content (AvgIpc) is 2.79. The van der Waals surface area contributed by atoms with Crippen molar-refractivity contribution in [1.82, 2.24) is 5.32 Å². The Morgan fingerprint density at radius 1 is 1.47 bits per heavy atom. The lowest BCUT2D eigenvalue weighted by molar-refractivity contribution is -0.122. The quantitative estimate of drug-likeness (QED) is 0.594. The smallest absolute Gasteiger partial charge is 0.220 e. The summed E-state index contributed by atoms with van der Waals surface area (Å²) in [6.07, 6.45) is 2.63. The van der Waals surface area contributed by atoms with Crippen molar-refractivity contribution in [2.45, 2.75) is 39.2 Å². The number of amides is 1. The molecule has 1 unspecified atom stereocenters. The van der Waals surface area contributed by atoms with Crippen LogP contribution in [0.4, 0.5) is 0 Å². The molecular weight excluding hydrogens is 298 g/mol. The van der Waals surface area contributed by atoms with E-state index >= 15 is 0 Å². The Bertz CT molecular complexity index is 324. The second-order valence-corrected chi connectivity index (χ2v) is 6.22. The van der Waals surface area contributed by atoms with Gasteiger partial charge in [0, 0.05) is 16.6 Å². The minimum Gasteiger partial charge on any atom is -0.348 e. The number of hydrogen-bond donors (Lipinski definition) is 1. The molecule has 0 saturated heterocycles. The van der Waals surface area contributed by atoms with Gasteiger partial charge >= 0.3 is 0 Å². The van der Waals surface area contributed by atoms with Gasteiger partial charge in [-0.2, -0.15) is 0 Å². The molecule has 0 bridgehead atoms. The maximum atomic E-state index is 11.8. The van der Waals surface area contributed by atoms with Crippen molar-refractivity contribution in [3.05, 3.63) is 22.4 Å². The fourth-order valence-corrected chi connectivity index (χ4v) is 3.01. The zero-order valence-corrected chi connectivity index (χ0v) is 12.8. The molecule has 96 valence electrons. The second-order valence-electron chi connectivity index (χ2n) is 4.45. The normalized spacial score (nSPS) is 12.7. The number of nitrogens with one attached hydrogen (secondary N) is 1. The first kappa shape index (κ1) is 14.7. The minimum absolute atomic E-state index is 0.159. The highest BCUT2D eigenvalue weighted by atomic mass is 79.9. The molecule has 1 amide bonds. The number of unbranched alkanes of at least 4 members (excludes halogenated alkanes) is 1. The van der Waals surface area contributed by atoms with E-state index in [0.29, 0.717) is 12.3 Å². The van der Waals surface area contributed by atoms with E-state index in [1.54, 1.807) is 11.3 Å². The molecule has 17 heavy (non-hydrogen) atoms. The molecule has 0 aliphatic heterocycles. The zero-order chi connectivity index (χ0) is 12.7. The van der Waals surface area contributed by atoms with Gasteiger partial charge in [0.15, 0.2) is 0 Å². The van der Waals surface area contributed by atoms with Crippen LogP contribution in [0.2, 0.25) is 0 Å². The molecule has 0 aliphatic rings. The minimum atomic E-state index is 0.159. The number of carbonyl (C=O) groups is 1. The van der Waals surface area contributed by atoms with Crippen LogP contribution in [-0.2, 0) is 4.79 Å². The predicted molar refractivity (Wildman–Crippen MR) is 77.7 cm³/mol. The molecule has 0 fully saturated rings. The van der Waals surface area contributed by atoms with Crippen molar-refractivity contribution < 1.29 is 4.79 Å². The van der Waals surface area contributed by atoms with E-state index in [1.807, 2.05) is 6.07 Å². The molecule has 0 radical (unpaired) electrons. The van der Waals surface area contributed by atoms with E-state index in [0.717, 1.165) is 18.2 Å². The van der Waals surface area contributed by atoms with E-state index in [-0.39, 0.29) is 11.9 Å². The number of halogens is 1. The van der Waals surface area contributed by atoms with Crippen molar-refractivity contribution in [2.75, 3.05) is 5.33 Å². The fraction of sp³-hybridized carbons (Fsp3) is 0.615. The molecule has 0 saturated carbocycles. The third-order valence-corrected chi connectivity index (χ3v) is 4.14. The fourth-order valence-electron chi connectivity index (χ4n) is 1.66. The second kappa shape index (κ2) is 7.88. The number of thiophene rings is 1. The van der Waals surface area contributed by atoms with Gasteiger partial charge in [-0.1, -0.05) is 35.8 Å². The Kier molecular flexibility index (Phi) is 6.82. The highest BCUT2D eigenvalue weighted by Gasteiger charge is 2.18. The molecule has 0 aromatic carbocycles. The van der Waals surface area contributed by atoms with E-state index in [9.17, 15) is 4.79 Å². The van der Waals surface area contributed by atoms with Gasteiger partial charge in [0.05, 0.1) is 6.04 Å². The van der Waals surface area contributed by atoms with Gasteiger partial charge < -0.3 is 5.32 Å². The molecule has 1 rings (SSSR count). The topological polar surface area (TPSA) is 29.1 Å². The Labute approximate surface area is 116 Å². The van der Waals surface area contributed by atoms with Crippen LogP contribution in [-0.4, -0.2) is 11.2 Å². The summed E-state index contributed by atoms with van der Waals surface area (Å²) in [5.74, 6) is 0.590. The summed E-state index contributed by atoms with van der Waals surface area (Å²) in [5, 5.41) is 6.16. The highest BCUT2D eigenvalue weighted by molar-refractivity contribution is 9.09. The predicted octanol–water partition coefficient (Wildman–Crippen LogP) is 4.13. The summed E-state index contributed by atoms with van der Waals surface area (Å²) in [5.41, 5.74) is 0. The number of carbonyl (C=O) groups excluding carboxylic acids is 1. The molecular formula is C13H20BrNOS. The first-order chi connectivity index (χ1) is 8.15. The molecule has 1 aromatic heterocycles. The molecule has 1 atom stereocenters. The Balaban J connectivity index is 2.48. The van der Waals surface area contributed by atoms with Crippen LogP contribution >= 0.6 is 27.3 Å². The van der Waals surface area contributed by atoms with Gasteiger partial charge in [-0.05, 0) is 30.2 Å². The first-order valence-electron chi connectivity index (χ1n) is 6.04. The molecule has 1 heterocycles. The van der Waals surface area contributed by atoms with Crippen LogP contribution in [0.1, 0.15) is 44.0 Å². The van der Waals surface area contributed by atoms with Crippen LogP contribution in [0.25, 0.3) is 0 Å². The summed E-state index contributed by atoms with van der Waals surface area (Å²) in [7, 11) is 0. The lowest BCUT2D eigenvalue weighted by atomic mass is 10.0. The molecule has 4 heteroatoms. The standard InChI is InChI=1S/C13H20BrNOS/c1-10(2)13(11-6-5-9-17-11)15-12(16)7-3-4-8-14/h5-6,9-10,13H,3-4,7-8H2,1-2H3,(H,15,16). The summed E-state index contributed by atoms with van der Waals surface area (Å²) >= 11 is 5.08. The summed E-state index contributed by atoms with van der Waals surface area (Å²) in [6.45, 7) is 4.28. The SMILES string of the molecule is CC(C)C(NC(=O)CCCCBr)c1cccs1. The summed E-state index contributed by atoms with van der Waals surface area (Å²) in [4.78, 5) is 13.1. The molecule has 1 aromatic rings. The number of rotatable bonds is 7. The van der Waals surface area contributed by atoms with Gasteiger partial charge in [0.25, 0.3) is 0 Å². The van der Waals surface area contributed by atoms with Crippen molar-refractivity contribution in [3.63, 3.8) is 0 Å². The zero-order valence-electron chi connectivity index (χ0n) is 10.4. The Morgan fingerprint density at radius 3 is 2.76 bits per heavy atom. The highest BCUT2D eigenvalue weighted by Crippen LogP contribution is 2.25. The van der Waals surface area contributed by atoms with Crippen molar-refractivity contribution in [1.29, 1.82) is 0 Å². The molecule has 0 spiro atoms. The lowest BCUT2D eigenvalue weighted by Crippen LogP contribution is -2.31. The van der Waals surface area contributed by atoms with E-state index in [1.165, 1.54) is 4.88 Å². The monoisotopic (exact) mass is 317 g/mol. The van der Waals surface area contributed by atoms with E-state index in [4.69, 9.17) is 0 Å². The van der Waals surface area contributed by atoms with Gasteiger partial charge in [-0.25, -0.2) is 0 Å². The maximum absolute atomic E-state index is 11.8. The third kappa shape index (κ3) is 5.21. The summed E-state index contributed by atoms with van der Waals surface area (Å²) in [6, 6.07) is 4.28. The molecule has 2 nitrogen and oxygen atoms in total. The molecule has 0 aliphatic carbocycles. The maximum Gasteiger partial charge on any atom is 0.220 e. The van der Waals surface area contributed by atoms with E-state index < -0.39 is 0 Å².